The van der Waals surface area contributed by atoms with E-state index in [1.807, 2.05) is 6.92 Å². The molecule has 1 aliphatic rings. The Balaban J connectivity index is 3.12. The highest BCUT2D eigenvalue weighted by Crippen LogP contribution is 2.43. The second kappa shape index (κ2) is 3.94. The molecule has 0 amide bonds. The second-order valence-electron chi connectivity index (χ2n) is 7.10. The molecule has 0 saturated carbocycles. The van der Waals surface area contributed by atoms with Gasteiger partial charge in [0.2, 0.25) is 0 Å². The molecule has 1 heteroatoms. The first-order valence-corrected chi connectivity index (χ1v) is 6.15. The monoisotopic (exact) mass is 222 g/mol. The lowest BCUT2D eigenvalue weighted by molar-refractivity contribution is 0.258. The van der Waals surface area contributed by atoms with Crippen LogP contribution in [0, 0.1) is 16.7 Å². The average Bonchev–Trinajstić information content (AvgIpc) is 2.05. The molecular weight excluding hydrogens is 196 g/mol. The maximum absolute atomic E-state index is 10.2. The molecule has 0 bridgehead atoms. The largest absolute Gasteiger partial charge is 0.508 e. The molecule has 1 rings (SSSR count). The molecule has 0 radical (unpaired) electrons. The minimum atomic E-state index is 0.0586. The van der Waals surface area contributed by atoms with E-state index in [1.165, 1.54) is 5.57 Å². The van der Waals surface area contributed by atoms with E-state index in [4.69, 9.17) is 0 Å². The van der Waals surface area contributed by atoms with Crippen molar-refractivity contribution in [1.29, 1.82) is 0 Å². The molecule has 1 aliphatic carbocycles. The van der Waals surface area contributed by atoms with Crippen molar-refractivity contribution in [2.45, 2.75) is 54.9 Å². The summed E-state index contributed by atoms with van der Waals surface area (Å²) in [7, 11) is 0. The number of hydrogen-bond acceptors (Lipinski definition) is 1. The standard InChI is InChI=1S/C15H26O/c1-10-8-11(14(2,3)4)9-12(13(10)16)15(5,6)7/h8,11,16H,9H2,1-7H3. The van der Waals surface area contributed by atoms with Gasteiger partial charge in [0.1, 0.15) is 5.76 Å². The Morgan fingerprint density at radius 2 is 1.62 bits per heavy atom. The molecule has 1 N–H and O–H groups in total. The molecule has 92 valence electrons. The summed E-state index contributed by atoms with van der Waals surface area (Å²) in [6.45, 7) is 15.3. The van der Waals surface area contributed by atoms with Gasteiger partial charge < -0.3 is 5.11 Å². The number of aliphatic hydroxyl groups excluding tert-OH is 1. The van der Waals surface area contributed by atoms with Crippen LogP contribution in [0.5, 0.6) is 0 Å². The van der Waals surface area contributed by atoms with Gasteiger partial charge in [-0.1, -0.05) is 47.6 Å². The van der Waals surface area contributed by atoms with Gasteiger partial charge >= 0.3 is 0 Å². The van der Waals surface area contributed by atoms with E-state index in [0.717, 1.165) is 12.0 Å². The van der Waals surface area contributed by atoms with Crippen molar-refractivity contribution in [2.24, 2.45) is 16.7 Å². The topological polar surface area (TPSA) is 20.2 Å². The lowest BCUT2D eigenvalue weighted by atomic mass is 9.69. The van der Waals surface area contributed by atoms with Crippen LogP contribution in [0.1, 0.15) is 54.9 Å². The van der Waals surface area contributed by atoms with Crippen LogP contribution in [0.2, 0.25) is 0 Å². The molecule has 1 nitrogen and oxygen atoms in total. The van der Waals surface area contributed by atoms with Crippen LogP contribution in [0.3, 0.4) is 0 Å². The van der Waals surface area contributed by atoms with Gasteiger partial charge in [-0.15, -0.1) is 0 Å². The van der Waals surface area contributed by atoms with Gasteiger partial charge in [-0.05, 0) is 41.2 Å². The molecule has 0 heterocycles. The highest BCUT2D eigenvalue weighted by atomic mass is 16.3. The van der Waals surface area contributed by atoms with Gasteiger partial charge in [0.15, 0.2) is 0 Å². The van der Waals surface area contributed by atoms with Crippen LogP contribution >= 0.6 is 0 Å². The summed E-state index contributed by atoms with van der Waals surface area (Å²) < 4.78 is 0. The predicted octanol–water partition coefficient (Wildman–Crippen LogP) is 4.86. The first-order chi connectivity index (χ1) is 7.03. The molecule has 1 unspecified atom stereocenters. The van der Waals surface area contributed by atoms with Crippen molar-refractivity contribution in [3.63, 3.8) is 0 Å². The Bertz CT molecular complexity index is 331. The fraction of sp³-hybridized carbons (Fsp3) is 0.733. The van der Waals surface area contributed by atoms with Crippen molar-refractivity contribution in [3.05, 3.63) is 23.0 Å². The smallest absolute Gasteiger partial charge is 0.117 e. The zero-order chi connectivity index (χ0) is 12.7. The third kappa shape index (κ3) is 2.69. The third-order valence-electron chi connectivity index (χ3n) is 3.55. The van der Waals surface area contributed by atoms with E-state index in [0.29, 0.717) is 11.7 Å². The van der Waals surface area contributed by atoms with Crippen LogP contribution in [0.25, 0.3) is 0 Å². The van der Waals surface area contributed by atoms with Crippen molar-refractivity contribution in [1.82, 2.24) is 0 Å². The zero-order valence-electron chi connectivity index (χ0n) is 11.8. The highest BCUT2D eigenvalue weighted by Gasteiger charge is 2.33. The first kappa shape index (κ1) is 13.3. The summed E-state index contributed by atoms with van der Waals surface area (Å²) >= 11 is 0. The summed E-state index contributed by atoms with van der Waals surface area (Å²) in [5.74, 6) is 1.05. The maximum atomic E-state index is 10.2. The van der Waals surface area contributed by atoms with Crippen molar-refractivity contribution in [3.8, 4) is 0 Å². The van der Waals surface area contributed by atoms with E-state index < -0.39 is 0 Å². The van der Waals surface area contributed by atoms with Crippen LogP contribution in [0.4, 0.5) is 0 Å². The maximum Gasteiger partial charge on any atom is 0.117 e. The van der Waals surface area contributed by atoms with Crippen LogP contribution < -0.4 is 0 Å². The molecule has 0 aromatic rings. The van der Waals surface area contributed by atoms with Gasteiger partial charge in [0, 0.05) is 0 Å². The Labute approximate surface area is 100 Å². The van der Waals surface area contributed by atoms with E-state index in [1.54, 1.807) is 0 Å². The number of allylic oxidation sites excluding steroid dienone is 3. The Hall–Kier alpha value is -0.720. The molecule has 0 saturated heterocycles. The molecule has 16 heavy (non-hydrogen) atoms. The van der Waals surface area contributed by atoms with Gasteiger partial charge in [-0.3, -0.25) is 0 Å². The van der Waals surface area contributed by atoms with Crippen molar-refractivity contribution >= 4 is 0 Å². The van der Waals surface area contributed by atoms with E-state index in [-0.39, 0.29) is 10.8 Å². The lowest BCUT2D eigenvalue weighted by Crippen LogP contribution is -2.26. The number of hydrogen-bond donors (Lipinski definition) is 1. The second-order valence-corrected chi connectivity index (χ2v) is 7.10. The van der Waals surface area contributed by atoms with E-state index in [2.05, 4.69) is 47.6 Å². The van der Waals surface area contributed by atoms with Gasteiger partial charge in [-0.2, -0.15) is 0 Å². The minimum Gasteiger partial charge on any atom is -0.508 e. The van der Waals surface area contributed by atoms with Crippen LogP contribution in [-0.4, -0.2) is 5.11 Å². The molecular formula is C15H26O. The molecule has 0 spiro atoms. The fourth-order valence-corrected chi connectivity index (χ4v) is 2.21. The van der Waals surface area contributed by atoms with Crippen LogP contribution in [-0.2, 0) is 0 Å². The number of aliphatic hydroxyl groups is 1. The van der Waals surface area contributed by atoms with E-state index in [9.17, 15) is 5.11 Å². The molecule has 0 aromatic carbocycles. The van der Waals surface area contributed by atoms with Crippen LogP contribution in [0.15, 0.2) is 23.0 Å². The molecule has 0 fully saturated rings. The van der Waals surface area contributed by atoms with E-state index >= 15 is 0 Å². The molecule has 0 aliphatic heterocycles. The average molecular weight is 222 g/mol. The van der Waals surface area contributed by atoms with Gasteiger partial charge in [-0.25, -0.2) is 0 Å². The summed E-state index contributed by atoms with van der Waals surface area (Å²) in [5, 5.41) is 10.2. The van der Waals surface area contributed by atoms with Gasteiger partial charge in [0.05, 0.1) is 0 Å². The lowest BCUT2D eigenvalue weighted by Gasteiger charge is -2.37. The molecule has 0 aromatic heterocycles. The first-order valence-electron chi connectivity index (χ1n) is 6.15. The Morgan fingerprint density at radius 1 is 1.12 bits per heavy atom. The summed E-state index contributed by atoms with van der Waals surface area (Å²) in [6, 6.07) is 0. The molecule has 1 atom stereocenters. The highest BCUT2D eigenvalue weighted by molar-refractivity contribution is 5.36. The summed E-state index contributed by atoms with van der Waals surface area (Å²) in [6.07, 6.45) is 3.21. The SMILES string of the molecule is CC1=CC(C(C)(C)C)CC(C(C)(C)C)=C1O. The minimum absolute atomic E-state index is 0.0586. The van der Waals surface area contributed by atoms with Crippen molar-refractivity contribution < 1.29 is 5.11 Å². The van der Waals surface area contributed by atoms with Crippen molar-refractivity contribution in [2.75, 3.05) is 0 Å². The quantitative estimate of drug-likeness (QED) is 0.620. The fourth-order valence-electron chi connectivity index (χ4n) is 2.21. The Morgan fingerprint density at radius 3 is 2.00 bits per heavy atom. The summed E-state index contributed by atoms with van der Waals surface area (Å²) in [4.78, 5) is 0. The normalized spacial score (nSPS) is 23.4. The number of rotatable bonds is 0. The Kier molecular flexibility index (Phi) is 3.29. The van der Waals surface area contributed by atoms with Gasteiger partial charge in [0.25, 0.3) is 0 Å². The zero-order valence-corrected chi connectivity index (χ0v) is 11.8. The predicted molar refractivity (Wildman–Crippen MR) is 70.4 cm³/mol. The third-order valence-corrected chi connectivity index (χ3v) is 3.55. The summed E-state index contributed by atoms with van der Waals surface area (Å²) in [5.41, 5.74) is 2.56.